The maximum Gasteiger partial charge on any atom is 0.271 e. The van der Waals surface area contributed by atoms with Gasteiger partial charge in [-0.1, -0.05) is 12.1 Å². The van der Waals surface area contributed by atoms with Gasteiger partial charge in [-0.25, -0.2) is 8.42 Å². The lowest BCUT2D eigenvalue weighted by molar-refractivity contribution is 0.603. The van der Waals surface area contributed by atoms with E-state index in [0.717, 1.165) is 3.79 Å². The van der Waals surface area contributed by atoms with Crippen LogP contribution in [0.1, 0.15) is 0 Å². The number of halogens is 2. The number of nitrogens with one attached hydrogen (secondary N) is 1. The number of benzene rings is 1. The Bertz CT molecular complexity index is 637. The summed E-state index contributed by atoms with van der Waals surface area (Å²) >= 11 is 7.71. The molecule has 0 atom stereocenters. The van der Waals surface area contributed by atoms with Gasteiger partial charge < -0.3 is 0 Å². The van der Waals surface area contributed by atoms with E-state index in [1.807, 2.05) is 6.07 Å². The van der Waals surface area contributed by atoms with Gasteiger partial charge in [-0.2, -0.15) is 0 Å². The van der Waals surface area contributed by atoms with Gasteiger partial charge in [0.1, 0.15) is 4.21 Å². The van der Waals surface area contributed by atoms with Gasteiger partial charge in [0, 0.05) is 4.47 Å². The summed E-state index contributed by atoms with van der Waals surface area (Å²) in [6, 6.07) is 10.3. The summed E-state index contributed by atoms with van der Waals surface area (Å²) in [6.45, 7) is 0. The van der Waals surface area contributed by atoms with Gasteiger partial charge in [0.05, 0.1) is 9.47 Å². The Morgan fingerprint density at radius 3 is 2.35 bits per heavy atom. The molecule has 0 saturated carbocycles. The Balaban J connectivity index is 2.33. The third-order valence-electron chi connectivity index (χ3n) is 1.93. The molecule has 0 saturated heterocycles. The van der Waals surface area contributed by atoms with Gasteiger partial charge in [0.25, 0.3) is 10.0 Å². The van der Waals surface area contributed by atoms with Gasteiger partial charge in [0.2, 0.25) is 0 Å². The van der Waals surface area contributed by atoms with E-state index in [2.05, 4.69) is 36.6 Å². The summed E-state index contributed by atoms with van der Waals surface area (Å²) in [7, 11) is -3.51. The highest BCUT2D eigenvalue weighted by molar-refractivity contribution is 9.11. The molecule has 0 fully saturated rings. The normalized spacial score (nSPS) is 11.4. The molecule has 1 aromatic heterocycles. The highest BCUT2D eigenvalue weighted by atomic mass is 79.9. The summed E-state index contributed by atoms with van der Waals surface area (Å²) in [5.41, 5.74) is 0.525. The molecule has 0 aliphatic carbocycles. The lowest BCUT2D eigenvalue weighted by Crippen LogP contribution is -2.11. The molecule has 0 bridgehead atoms. The molecule has 7 heteroatoms. The largest absolute Gasteiger partial charge is 0.278 e. The van der Waals surface area contributed by atoms with Crippen molar-refractivity contribution in [1.82, 2.24) is 0 Å². The number of hydrogen-bond acceptors (Lipinski definition) is 3. The molecule has 2 aromatic rings. The molecule has 2 rings (SSSR count). The molecule has 0 spiro atoms. The van der Waals surface area contributed by atoms with Crippen molar-refractivity contribution < 1.29 is 8.42 Å². The molecule has 1 N–H and O–H groups in total. The smallest absolute Gasteiger partial charge is 0.271 e. The Morgan fingerprint density at radius 1 is 1.06 bits per heavy atom. The third-order valence-corrected chi connectivity index (χ3v) is 6.10. The zero-order valence-electron chi connectivity index (χ0n) is 8.35. The van der Waals surface area contributed by atoms with Crippen molar-refractivity contribution in [2.45, 2.75) is 4.21 Å². The second-order valence-electron chi connectivity index (χ2n) is 3.14. The van der Waals surface area contributed by atoms with Crippen LogP contribution in [0, 0.1) is 0 Å². The monoisotopic (exact) mass is 395 g/mol. The fourth-order valence-electron chi connectivity index (χ4n) is 1.18. The molecule has 1 heterocycles. The molecular weight excluding hydrogens is 390 g/mol. The fourth-order valence-corrected chi connectivity index (χ4v) is 4.79. The first-order chi connectivity index (χ1) is 7.99. The summed E-state index contributed by atoms with van der Waals surface area (Å²) in [4.78, 5) is 0. The van der Waals surface area contributed by atoms with E-state index in [1.54, 1.807) is 30.3 Å². The Labute approximate surface area is 120 Å². The van der Waals surface area contributed by atoms with E-state index in [1.165, 1.54) is 11.3 Å². The van der Waals surface area contributed by atoms with Crippen LogP contribution in [0.25, 0.3) is 0 Å². The van der Waals surface area contributed by atoms with Crippen LogP contribution in [-0.2, 0) is 10.0 Å². The maximum absolute atomic E-state index is 12.0. The molecule has 0 unspecified atom stereocenters. The van der Waals surface area contributed by atoms with Gasteiger partial charge in [-0.15, -0.1) is 11.3 Å². The summed E-state index contributed by atoms with van der Waals surface area (Å²) in [5.74, 6) is 0. The summed E-state index contributed by atoms with van der Waals surface area (Å²) in [6.07, 6.45) is 0. The van der Waals surface area contributed by atoms with Crippen LogP contribution in [0.4, 0.5) is 5.69 Å². The minimum absolute atomic E-state index is 0.278. The van der Waals surface area contributed by atoms with Crippen LogP contribution in [0.2, 0.25) is 0 Å². The molecule has 0 aliphatic heterocycles. The Kier molecular flexibility index (Phi) is 3.92. The second kappa shape index (κ2) is 5.09. The quantitative estimate of drug-likeness (QED) is 0.849. The van der Waals surface area contributed by atoms with Gasteiger partial charge in [-0.05, 0) is 56.1 Å². The van der Waals surface area contributed by atoms with Crippen molar-refractivity contribution in [3.8, 4) is 0 Å². The van der Waals surface area contributed by atoms with Crippen molar-refractivity contribution in [1.29, 1.82) is 0 Å². The van der Waals surface area contributed by atoms with E-state index >= 15 is 0 Å². The van der Waals surface area contributed by atoms with Gasteiger partial charge in [0.15, 0.2) is 0 Å². The van der Waals surface area contributed by atoms with E-state index < -0.39 is 10.0 Å². The predicted octanol–water partition coefficient (Wildman–Crippen LogP) is 4.07. The first-order valence-corrected chi connectivity index (χ1v) is 8.40. The van der Waals surface area contributed by atoms with Crippen LogP contribution >= 0.6 is 43.2 Å². The molecule has 3 nitrogen and oxygen atoms in total. The number of para-hydroxylation sites is 1. The first-order valence-electron chi connectivity index (χ1n) is 4.52. The SMILES string of the molecule is O=S(=O)(Nc1ccccc1Br)c1ccc(Br)s1. The molecule has 1 aromatic carbocycles. The number of thiophene rings is 1. The molecule has 0 aliphatic rings. The Hall–Kier alpha value is -0.370. The van der Waals surface area contributed by atoms with Crippen molar-refractivity contribution in [2.24, 2.45) is 0 Å². The summed E-state index contributed by atoms with van der Waals surface area (Å²) in [5, 5.41) is 0. The third kappa shape index (κ3) is 3.09. The van der Waals surface area contributed by atoms with E-state index in [4.69, 9.17) is 0 Å². The van der Waals surface area contributed by atoms with Gasteiger partial charge in [-0.3, -0.25) is 4.72 Å². The van der Waals surface area contributed by atoms with E-state index in [-0.39, 0.29) is 4.21 Å². The molecule has 17 heavy (non-hydrogen) atoms. The predicted molar refractivity (Wildman–Crippen MR) is 77.0 cm³/mol. The number of hydrogen-bond donors (Lipinski definition) is 1. The fraction of sp³-hybridized carbons (Fsp3) is 0. The lowest BCUT2D eigenvalue weighted by atomic mass is 10.3. The Morgan fingerprint density at radius 2 is 1.76 bits per heavy atom. The highest BCUT2D eigenvalue weighted by Gasteiger charge is 2.17. The average molecular weight is 397 g/mol. The van der Waals surface area contributed by atoms with Crippen molar-refractivity contribution in [3.05, 3.63) is 44.7 Å². The topological polar surface area (TPSA) is 46.2 Å². The first kappa shape index (κ1) is 13.1. The summed E-state index contributed by atoms with van der Waals surface area (Å²) < 4.78 is 28.3. The van der Waals surface area contributed by atoms with Crippen molar-refractivity contribution in [2.75, 3.05) is 4.72 Å². The highest BCUT2D eigenvalue weighted by Crippen LogP contribution is 2.29. The van der Waals surface area contributed by atoms with Crippen molar-refractivity contribution in [3.63, 3.8) is 0 Å². The minimum atomic E-state index is -3.51. The van der Waals surface area contributed by atoms with Crippen LogP contribution in [0.3, 0.4) is 0 Å². The standard InChI is InChI=1S/C10H7Br2NO2S2/c11-7-3-1-2-4-8(7)13-17(14,15)10-6-5-9(12)16-10/h1-6,13H. The molecule has 90 valence electrons. The number of rotatable bonds is 3. The maximum atomic E-state index is 12.0. The van der Waals surface area contributed by atoms with E-state index in [9.17, 15) is 8.42 Å². The van der Waals surface area contributed by atoms with Crippen molar-refractivity contribution >= 4 is 58.9 Å². The molecule has 0 radical (unpaired) electrons. The van der Waals surface area contributed by atoms with Crippen LogP contribution < -0.4 is 4.72 Å². The van der Waals surface area contributed by atoms with E-state index in [0.29, 0.717) is 10.2 Å². The second-order valence-corrected chi connectivity index (χ2v) is 8.37. The van der Waals surface area contributed by atoms with Crippen LogP contribution in [0.5, 0.6) is 0 Å². The zero-order valence-corrected chi connectivity index (χ0v) is 13.2. The molecule has 0 amide bonds. The number of sulfonamides is 1. The van der Waals surface area contributed by atoms with Crippen LogP contribution in [0.15, 0.2) is 48.9 Å². The zero-order chi connectivity index (χ0) is 12.5. The average Bonchev–Trinajstić information content (AvgIpc) is 2.69. The minimum Gasteiger partial charge on any atom is -0.278 e. The lowest BCUT2D eigenvalue weighted by Gasteiger charge is -2.07. The number of anilines is 1. The van der Waals surface area contributed by atoms with Crippen LogP contribution in [-0.4, -0.2) is 8.42 Å². The van der Waals surface area contributed by atoms with Gasteiger partial charge >= 0.3 is 0 Å². The molecular formula is C10H7Br2NO2S2.